The van der Waals surface area contributed by atoms with Gasteiger partial charge in [-0.15, -0.1) is 0 Å². The molecule has 0 aromatic carbocycles. The highest BCUT2D eigenvalue weighted by molar-refractivity contribution is 7.80. The highest BCUT2D eigenvalue weighted by Crippen LogP contribution is 2.34. The van der Waals surface area contributed by atoms with Crippen LogP contribution in [0.3, 0.4) is 0 Å². The van der Waals surface area contributed by atoms with Gasteiger partial charge in [0, 0.05) is 12.8 Å². The van der Waals surface area contributed by atoms with E-state index in [0.29, 0.717) is 0 Å². The van der Waals surface area contributed by atoms with E-state index in [2.05, 4.69) is 0 Å². The highest BCUT2D eigenvalue weighted by Gasteiger charge is 2.38. The van der Waals surface area contributed by atoms with Crippen LogP contribution in [0.4, 0.5) is 0 Å². The first-order valence-electron chi connectivity index (χ1n) is 4.10. The van der Waals surface area contributed by atoms with Crippen molar-refractivity contribution in [2.75, 3.05) is 13.2 Å². The third-order valence-corrected chi connectivity index (χ3v) is 2.79. The molecule has 2 nitrogen and oxygen atoms in total. The van der Waals surface area contributed by atoms with Crippen LogP contribution in [0, 0.1) is 0 Å². The molecule has 0 radical (unpaired) electrons. The molecule has 0 unspecified atom stereocenters. The molecule has 2 rings (SSSR count). The Balaban J connectivity index is 1.99. The Bertz CT molecular complexity index is 161. The van der Waals surface area contributed by atoms with Crippen molar-refractivity contribution in [3.63, 3.8) is 0 Å². The van der Waals surface area contributed by atoms with E-state index in [1.54, 1.807) is 0 Å². The van der Waals surface area contributed by atoms with E-state index >= 15 is 0 Å². The normalized spacial score (nSPS) is 29.6. The maximum atomic E-state index is 5.55. The van der Waals surface area contributed by atoms with Gasteiger partial charge in [0.25, 0.3) is 0 Å². The van der Waals surface area contributed by atoms with Crippen molar-refractivity contribution in [2.45, 2.75) is 31.5 Å². The Hall–Kier alpha value is 0.0100. The van der Waals surface area contributed by atoms with Crippen molar-refractivity contribution in [3.8, 4) is 0 Å². The lowest BCUT2D eigenvalue weighted by Crippen LogP contribution is -2.34. The van der Waals surface area contributed by atoms with Crippen molar-refractivity contribution in [1.82, 2.24) is 0 Å². The second-order valence-corrected chi connectivity index (χ2v) is 3.72. The second kappa shape index (κ2) is 2.81. The molecule has 0 bridgehead atoms. The Morgan fingerprint density at radius 1 is 1.09 bits per heavy atom. The van der Waals surface area contributed by atoms with Crippen LogP contribution in [0.1, 0.15) is 25.7 Å². The topological polar surface area (TPSA) is 18.5 Å². The standard InChI is InChI=1S/C8H12O2S/c11-7-1-3-8(4-2-7)9-5-6-10-8/h1-6H2. The number of rotatable bonds is 0. The third-order valence-electron chi connectivity index (χ3n) is 2.38. The molecule has 11 heavy (non-hydrogen) atoms. The van der Waals surface area contributed by atoms with Crippen LogP contribution >= 0.6 is 12.2 Å². The van der Waals surface area contributed by atoms with Crippen molar-refractivity contribution in [1.29, 1.82) is 0 Å². The quantitative estimate of drug-likeness (QED) is 0.518. The molecule has 3 heteroatoms. The molecule has 1 saturated carbocycles. The van der Waals surface area contributed by atoms with E-state index in [1.165, 1.54) is 4.86 Å². The van der Waals surface area contributed by atoms with Crippen LogP contribution in [0.15, 0.2) is 0 Å². The summed E-state index contributed by atoms with van der Waals surface area (Å²) in [6, 6.07) is 0. The summed E-state index contributed by atoms with van der Waals surface area (Å²) in [5.74, 6) is -0.234. The lowest BCUT2D eigenvalue weighted by atomic mass is 9.94. The zero-order valence-electron chi connectivity index (χ0n) is 6.47. The minimum Gasteiger partial charge on any atom is -0.348 e. The third kappa shape index (κ3) is 1.45. The molecule has 1 spiro atoms. The van der Waals surface area contributed by atoms with E-state index in [1.807, 2.05) is 0 Å². The van der Waals surface area contributed by atoms with Crippen molar-refractivity contribution in [3.05, 3.63) is 0 Å². The summed E-state index contributed by atoms with van der Waals surface area (Å²) < 4.78 is 11.1. The van der Waals surface area contributed by atoms with Gasteiger partial charge < -0.3 is 9.47 Å². The first kappa shape index (κ1) is 7.65. The van der Waals surface area contributed by atoms with Gasteiger partial charge >= 0.3 is 0 Å². The zero-order chi connectivity index (χ0) is 7.73. The molecular weight excluding hydrogens is 160 g/mol. The average Bonchev–Trinajstić information content (AvgIpc) is 2.45. The fourth-order valence-electron chi connectivity index (χ4n) is 1.70. The number of ether oxygens (including phenoxy) is 2. The molecule has 0 amide bonds. The minimum absolute atomic E-state index is 0.234. The van der Waals surface area contributed by atoms with E-state index in [9.17, 15) is 0 Å². The molecule has 0 atom stereocenters. The number of thiocarbonyl (C=S) groups is 1. The average molecular weight is 172 g/mol. The fraction of sp³-hybridized carbons (Fsp3) is 0.875. The molecule has 62 valence electrons. The first-order valence-corrected chi connectivity index (χ1v) is 4.51. The Morgan fingerprint density at radius 3 is 2.18 bits per heavy atom. The Morgan fingerprint density at radius 2 is 1.64 bits per heavy atom. The molecule has 0 aromatic heterocycles. The fourth-order valence-corrected chi connectivity index (χ4v) is 1.90. The molecule has 1 saturated heterocycles. The minimum atomic E-state index is -0.234. The summed E-state index contributed by atoms with van der Waals surface area (Å²) in [6.07, 6.45) is 3.92. The van der Waals surface area contributed by atoms with Crippen molar-refractivity contribution in [2.24, 2.45) is 0 Å². The summed E-state index contributed by atoms with van der Waals surface area (Å²) in [7, 11) is 0. The molecule has 0 N–H and O–H groups in total. The van der Waals surface area contributed by atoms with Gasteiger partial charge in [0.2, 0.25) is 0 Å². The first-order chi connectivity index (χ1) is 5.31. The van der Waals surface area contributed by atoms with Gasteiger partial charge in [0.1, 0.15) is 0 Å². The second-order valence-electron chi connectivity index (χ2n) is 3.15. The van der Waals surface area contributed by atoms with Crippen LogP contribution in [-0.4, -0.2) is 23.9 Å². The molecule has 1 aliphatic carbocycles. The van der Waals surface area contributed by atoms with Gasteiger partial charge in [-0.3, -0.25) is 0 Å². The smallest absolute Gasteiger partial charge is 0.169 e. The van der Waals surface area contributed by atoms with E-state index in [-0.39, 0.29) is 5.79 Å². The SMILES string of the molecule is S=C1CCC2(CC1)OCCO2. The summed E-state index contributed by atoms with van der Waals surface area (Å²) in [5.41, 5.74) is 0. The van der Waals surface area contributed by atoms with E-state index in [0.717, 1.165) is 38.9 Å². The lowest BCUT2D eigenvalue weighted by Gasteiger charge is -2.31. The number of hydrogen-bond donors (Lipinski definition) is 0. The van der Waals surface area contributed by atoms with Crippen molar-refractivity contribution < 1.29 is 9.47 Å². The molecule has 2 aliphatic rings. The monoisotopic (exact) mass is 172 g/mol. The largest absolute Gasteiger partial charge is 0.348 e. The summed E-state index contributed by atoms with van der Waals surface area (Å²) in [4.78, 5) is 1.18. The lowest BCUT2D eigenvalue weighted by molar-refractivity contribution is -0.167. The number of hydrogen-bond acceptors (Lipinski definition) is 3. The maximum absolute atomic E-state index is 5.55. The molecule has 1 heterocycles. The van der Waals surface area contributed by atoms with E-state index in [4.69, 9.17) is 21.7 Å². The predicted octanol–water partition coefficient (Wildman–Crippen LogP) is 1.67. The van der Waals surface area contributed by atoms with Crippen LogP contribution < -0.4 is 0 Å². The molecule has 2 fully saturated rings. The summed E-state index contributed by atoms with van der Waals surface area (Å²) in [6.45, 7) is 1.51. The van der Waals surface area contributed by atoms with Gasteiger partial charge in [-0.1, -0.05) is 12.2 Å². The maximum Gasteiger partial charge on any atom is 0.169 e. The van der Waals surface area contributed by atoms with Crippen LogP contribution in [0.2, 0.25) is 0 Å². The summed E-state index contributed by atoms with van der Waals surface area (Å²) >= 11 is 5.11. The van der Waals surface area contributed by atoms with E-state index < -0.39 is 0 Å². The van der Waals surface area contributed by atoms with Gasteiger partial charge in [0.05, 0.1) is 13.2 Å². The van der Waals surface area contributed by atoms with Crippen LogP contribution in [-0.2, 0) is 9.47 Å². The van der Waals surface area contributed by atoms with Gasteiger partial charge in [-0.25, -0.2) is 0 Å². The predicted molar refractivity (Wildman–Crippen MR) is 45.7 cm³/mol. The van der Waals surface area contributed by atoms with Gasteiger partial charge in [-0.2, -0.15) is 0 Å². The molecule has 0 aromatic rings. The van der Waals surface area contributed by atoms with Gasteiger partial charge in [-0.05, 0) is 17.7 Å². The highest BCUT2D eigenvalue weighted by atomic mass is 32.1. The van der Waals surface area contributed by atoms with Gasteiger partial charge in [0.15, 0.2) is 5.79 Å². The molecular formula is C8H12O2S. The Kier molecular flexibility index (Phi) is 1.95. The zero-order valence-corrected chi connectivity index (χ0v) is 7.28. The Labute approximate surface area is 71.9 Å². The summed E-state index contributed by atoms with van der Waals surface area (Å²) in [5, 5.41) is 0. The van der Waals surface area contributed by atoms with Crippen LogP contribution in [0.25, 0.3) is 0 Å². The molecule has 1 aliphatic heterocycles. The van der Waals surface area contributed by atoms with Crippen LogP contribution in [0.5, 0.6) is 0 Å². The van der Waals surface area contributed by atoms with Crippen molar-refractivity contribution >= 4 is 17.1 Å².